The Balaban J connectivity index is 1.45. The first-order valence-electron chi connectivity index (χ1n) is 32.1. The van der Waals surface area contributed by atoms with Crippen LogP contribution in [0.15, 0.2) is 192 Å². The summed E-state index contributed by atoms with van der Waals surface area (Å²) in [5, 5.41) is -3.97. The molecule has 12 aromatic rings. The van der Waals surface area contributed by atoms with Crippen LogP contribution in [-0.4, -0.2) is 24.1 Å². The Labute approximate surface area is 370 Å². The molecule has 6 nitrogen and oxygen atoms in total. The SMILES string of the molecule is [2H]c1c([2H])c([2H])c(-c2nc(-c3c([2H])c([2H])c([2H])c([2H])c3[2H])nc(-n3c4c([2H])c([2H])c([2H])c([2H])c4c4c([2H])c([2H])c5c6c([2H])c([2H])c([2H])c([2H])c6n(-c6c([2H])c([2H])c(-c7c([2H])c([2H])c([2H])c([2H])c7[2H])c7oc8c([2H])c([2H])c([2H])c([2H])c8c67)c5c43)n2)c([2H])c1[2H]. The van der Waals surface area contributed by atoms with Crippen molar-refractivity contribution in [2.24, 2.45) is 0 Å². The molecule has 6 heteroatoms. The van der Waals surface area contributed by atoms with Gasteiger partial charge in [-0.25, -0.2) is 4.98 Å². The van der Waals surface area contributed by atoms with Gasteiger partial charge in [0.15, 0.2) is 11.6 Å². The molecule has 0 fully saturated rings. The smallest absolute Gasteiger partial charge is 0.238 e. The monoisotopic (exact) mass is 760 g/mol. The zero-order chi connectivity index (χ0) is 64.4. The lowest BCUT2D eigenvalue weighted by Gasteiger charge is -2.15. The number of hydrogen-bond donors (Lipinski definition) is 0. The van der Waals surface area contributed by atoms with E-state index in [1.807, 2.05) is 0 Å². The predicted molar refractivity (Wildman–Crippen MR) is 232 cm³/mol. The van der Waals surface area contributed by atoms with Gasteiger partial charge in [-0.2, -0.15) is 9.97 Å². The van der Waals surface area contributed by atoms with E-state index < -0.39 is 298 Å². The fraction of sp³-hybridized carbons (Fsp3) is 0. The van der Waals surface area contributed by atoms with Gasteiger partial charge in [0.05, 0.1) is 75.6 Å². The van der Waals surface area contributed by atoms with Crippen LogP contribution >= 0.6 is 0 Å². The van der Waals surface area contributed by atoms with Gasteiger partial charge in [0, 0.05) is 43.6 Å². The number of fused-ring (bicyclic) bond motifs is 10. The summed E-state index contributed by atoms with van der Waals surface area (Å²) in [4.78, 5) is 13.4. The van der Waals surface area contributed by atoms with E-state index in [1.165, 1.54) is 0 Å². The van der Waals surface area contributed by atoms with Gasteiger partial charge in [-0.3, -0.25) is 4.57 Å². The van der Waals surface area contributed by atoms with Gasteiger partial charge in [0.25, 0.3) is 0 Å². The molecule has 0 spiro atoms. The van der Waals surface area contributed by atoms with Gasteiger partial charge < -0.3 is 8.98 Å². The minimum Gasteiger partial charge on any atom is -0.455 e. The maximum Gasteiger partial charge on any atom is 0.238 e. The average molecular weight is 761 g/mol. The van der Waals surface area contributed by atoms with Crippen LogP contribution in [0.5, 0.6) is 0 Å². The first-order chi connectivity index (χ1) is 41.2. The highest BCUT2D eigenvalue weighted by atomic mass is 16.3. The number of furan rings is 1. The van der Waals surface area contributed by atoms with Gasteiger partial charge in [-0.1, -0.05) is 157 Å². The topological polar surface area (TPSA) is 61.7 Å². The van der Waals surface area contributed by atoms with Crippen molar-refractivity contribution in [3.05, 3.63) is 187 Å². The van der Waals surface area contributed by atoms with E-state index in [0.29, 0.717) is 0 Å². The first kappa shape index (κ1) is 13.7. The molecule has 0 amide bonds. The molecule has 0 aliphatic carbocycles. The summed E-state index contributed by atoms with van der Waals surface area (Å²) in [6.45, 7) is 0. The Kier molecular flexibility index (Phi) is 2.97. The third-order valence-corrected chi connectivity index (χ3v) is 9.09. The highest BCUT2D eigenvalue weighted by Gasteiger charge is 2.25. The van der Waals surface area contributed by atoms with E-state index in [2.05, 4.69) is 15.0 Å². The third-order valence-electron chi connectivity index (χ3n) is 9.09. The molecule has 0 N–H and O–H groups in total. The minimum absolute atomic E-state index is 0.641. The molecule has 0 atom stereocenters. The Morgan fingerprint density at radius 1 is 0.404 bits per heavy atom. The van der Waals surface area contributed by atoms with Crippen LogP contribution < -0.4 is 0 Å². The predicted octanol–water partition coefficient (Wildman–Crippen LogP) is 13.0. The molecule has 0 aliphatic heterocycles. The van der Waals surface area contributed by atoms with Crippen LogP contribution in [0.2, 0.25) is 0 Å². The summed E-state index contributed by atoms with van der Waals surface area (Å²) in [5.41, 5.74) is -8.45. The molecule has 4 heterocycles. The second-order valence-electron chi connectivity index (χ2n) is 12.1. The van der Waals surface area contributed by atoms with Crippen molar-refractivity contribution in [2.75, 3.05) is 0 Å². The van der Waals surface area contributed by atoms with E-state index in [4.69, 9.17) is 34.6 Å². The number of aromatic nitrogens is 5. The van der Waals surface area contributed by atoms with Gasteiger partial charge in [-0.05, 0) is 35.8 Å². The number of rotatable bonds is 5. The zero-order valence-electron chi connectivity index (χ0n) is 59.1. The minimum atomic E-state index is -1.12. The van der Waals surface area contributed by atoms with Crippen molar-refractivity contribution < 1.29 is 46.9 Å². The van der Waals surface area contributed by atoms with Crippen molar-refractivity contribution >= 4 is 65.6 Å². The Hall–Kier alpha value is -7.83. The van der Waals surface area contributed by atoms with Crippen LogP contribution in [0.25, 0.3) is 111 Å². The largest absolute Gasteiger partial charge is 0.455 e. The van der Waals surface area contributed by atoms with Crippen LogP contribution in [-0.2, 0) is 0 Å². The summed E-state index contributed by atoms with van der Waals surface area (Å²) in [7, 11) is 0. The number of hydrogen-bond acceptors (Lipinski definition) is 4. The Morgan fingerprint density at radius 3 is 1.51 bits per heavy atom. The molecule has 266 valence electrons. The standard InChI is InChI=1S/C51H31N5O/c1-4-16-32(17-5-1)35-30-31-43(45-40-24-12-15-27-44(40)57-48(35)45)55-41-25-13-10-22-36(41)38-28-29-39-37-23-11-14-26-42(37)56(47(39)46(38)55)51-53-49(33-18-6-2-7-19-33)52-50(54-51)34-20-8-3-9-21-34/h1-31H/i1D,2D,3D,4D,5D,6D,7D,8D,9D,10D,11D,12D,13D,14D,15D,16D,17D,18D,19D,20D,21D,22D,23D,24D,25D,26D,27D,28D,29D,30D,31D. The van der Waals surface area contributed by atoms with Gasteiger partial charge in [-0.15, -0.1) is 0 Å². The summed E-state index contributed by atoms with van der Waals surface area (Å²) in [6, 6.07) is -29.9. The van der Waals surface area contributed by atoms with Crippen molar-refractivity contribution in [3.8, 4) is 45.5 Å². The molecule has 4 aromatic heterocycles. The maximum absolute atomic E-state index is 10.1. The summed E-state index contributed by atoms with van der Waals surface area (Å²) in [5.74, 6) is -2.83. The van der Waals surface area contributed by atoms with Crippen molar-refractivity contribution in [1.29, 1.82) is 0 Å². The first-order valence-corrected chi connectivity index (χ1v) is 16.6. The highest BCUT2D eigenvalue weighted by molar-refractivity contribution is 6.25. The van der Waals surface area contributed by atoms with E-state index in [1.54, 1.807) is 0 Å². The van der Waals surface area contributed by atoms with Gasteiger partial charge >= 0.3 is 0 Å². The molecular weight excluding hydrogens is 699 g/mol. The average Bonchev–Trinajstić information content (AvgIpc) is 1.51. The van der Waals surface area contributed by atoms with E-state index in [0.717, 1.165) is 9.13 Å². The normalized spacial score (nSPS) is 19.5. The Bertz CT molecular complexity index is 5190. The molecule has 0 unspecified atom stereocenters. The van der Waals surface area contributed by atoms with Crippen LogP contribution in [0.4, 0.5) is 0 Å². The van der Waals surface area contributed by atoms with Crippen molar-refractivity contribution in [1.82, 2.24) is 24.1 Å². The third kappa shape index (κ3) is 4.74. The van der Waals surface area contributed by atoms with E-state index in [9.17, 15) is 12.3 Å². The number of nitrogens with zero attached hydrogens (tertiary/aromatic N) is 5. The molecule has 0 radical (unpaired) electrons. The molecule has 12 rings (SSSR count). The fourth-order valence-electron chi connectivity index (χ4n) is 6.83. The molecule has 0 saturated heterocycles. The van der Waals surface area contributed by atoms with Gasteiger partial charge in [0.1, 0.15) is 11.2 Å². The lowest BCUT2D eigenvalue weighted by atomic mass is 10.0. The summed E-state index contributed by atoms with van der Waals surface area (Å²) < 4.78 is 288. The summed E-state index contributed by atoms with van der Waals surface area (Å²) >= 11 is 0. The van der Waals surface area contributed by atoms with Crippen molar-refractivity contribution in [3.63, 3.8) is 0 Å². The molecular formula is C51H31N5O. The number of benzene rings is 8. The quantitative estimate of drug-likeness (QED) is 0.175. The molecule has 57 heavy (non-hydrogen) atoms. The van der Waals surface area contributed by atoms with E-state index in [-0.39, 0.29) is 0 Å². The van der Waals surface area contributed by atoms with E-state index >= 15 is 0 Å². The van der Waals surface area contributed by atoms with Crippen molar-refractivity contribution in [2.45, 2.75) is 0 Å². The molecule has 0 saturated carbocycles. The highest BCUT2D eigenvalue weighted by Crippen LogP contribution is 2.45. The lowest BCUT2D eigenvalue weighted by Crippen LogP contribution is -2.07. The second kappa shape index (κ2) is 12.3. The molecule has 0 bridgehead atoms. The molecule has 0 aliphatic rings. The van der Waals surface area contributed by atoms with Gasteiger partial charge in [0.2, 0.25) is 5.95 Å². The summed E-state index contributed by atoms with van der Waals surface area (Å²) in [6.07, 6.45) is 0. The lowest BCUT2D eigenvalue weighted by molar-refractivity contribution is 0.670. The molecule has 8 aromatic carbocycles. The van der Waals surface area contributed by atoms with Crippen LogP contribution in [0.3, 0.4) is 0 Å². The van der Waals surface area contributed by atoms with Crippen LogP contribution in [0.1, 0.15) is 42.5 Å². The number of para-hydroxylation sites is 3. The maximum atomic E-state index is 10.1. The zero-order valence-corrected chi connectivity index (χ0v) is 28.1. The second-order valence-corrected chi connectivity index (χ2v) is 12.1. The fourth-order valence-corrected chi connectivity index (χ4v) is 6.83. The van der Waals surface area contributed by atoms with Crippen LogP contribution in [0, 0.1) is 0 Å². The Morgan fingerprint density at radius 2 is 0.895 bits per heavy atom.